The Bertz CT molecular complexity index is 688. The fourth-order valence-corrected chi connectivity index (χ4v) is 2.67. The molecule has 1 saturated heterocycles. The van der Waals surface area contributed by atoms with Gasteiger partial charge in [-0.1, -0.05) is 13.8 Å². The first-order valence-electron chi connectivity index (χ1n) is 9.25. The van der Waals surface area contributed by atoms with Crippen LogP contribution in [0.25, 0.3) is 0 Å². The van der Waals surface area contributed by atoms with Crippen molar-refractivity contribution in [3.8, 4) is 5.75 Å². The van der Waals surface area contributed by atoms with Crippen LogP contribution in [0, 0.1) is 11.7 Å². The summed E-state index contributed by atoms with van der Waals surface area (Å²) in [6.07, 6.45) is 0. The number of nitrogens with two attached hydrogens (primary N) is 1. The van der Waals surface area contributed by atoms with Gasteiger partial charge in [0.2, 0.25) is 11.8 Å². The van der Waals surface area contributed by atoms with Crippen LogP contribution >= 0.6 is 0 Å². The first-order chi connectivity index (χ1) is 13.3. The number of ether oxygens (including phenoxy) is 1. The van der Waals surface area contributed by atoms with Gasteiger partial charge in [0.1, 0.15) is 11.6 Å². The molecule has 3 amide bonds. The minimum absolute atomic E-state index is 0.0122. The van der Waals surface area contributed by atoms with Gasteiger partial charge in [0.15, 0.2) is 6.61 Å². The van der Waals surface area contributed by atoms with Crippen LogP contribution in [0.5, 0.6) is 5.75 Å². The van der Waals surface area contributed by atoms with Crippen molar-refractivity contribution in [1.82, 2.24) is 15.1 Å². The molecule has 0 radical (unpaired) electrons. The molecule has 154 valence electrons. The van der Waals surface area contributed by atoms with E-state index in [1.807, 2.05) is 13.8 Å². The number of nitrogens with zero attached hydrogens (tertiary/aromatic N) is 2. The zero-order valence-corrected chi connectivity index (χ0v) is 16.2. The monoisotopic (exact) mass is 394 g/mol. The van der Waals surface area contributed by atoms with Crippen molar-refractivity contribution in [1.29, 1.82) is 0 Å². The maximum Gasteiger partial charge on any atom is 0.260 e. The number of carbonyl (C=O) groups is 3. The van der Waals surface area contributed by atoms with Crippen LogP contribution in [0.1, 0.15) is 13.8 Å². The Labute approximate surface area is 163 Å². The second kappa shape index (κ2) is 10.0. The van der Waals surface area contributed by atoms with Crippen molar-refractivity contribution in [2.24, 2.45) is 11.7 Å². The minimum atomic E-state index is -0.650. The average molecular weight is 394 g/mol. The lowest BCUT2D eigenvalue weighted by molar-refractivity contribution is -0.140. The van der Waals surface area contributed by atoms with Crippen LogP contribution in [0.2, 0.25) is 0 Å². The molecule has 1 aliphatic rings. The van der Waals surface area contributed by atoms with E-state index in [1.165, 1.54) is 24.3 Å². The molecular weight excluding hydrogens is 367 g/mol. The lowest BCUT2D eigenvalue weighted by Crippen LogP contribution is -2.54. The van der Waals surface area contributed by atoms with E-state index in [-0.39, 0.29) is 42.6 Å². The summed E-state index contributed by atoms with van der Waals surface area (Å²) in [5.74, 6) is -0.732. The topological polar surface area (TPSA) is 105 Å². The van der Waals surface area contributed by atoms with Crippen LogP contribution in [-0.2, 0) is 14.4 Å². The summed E-state index contributed by atoms with van der Waals surface area (Å²) in [5.41, 5.74) is 5.74. The van der Waals surface area contributed by atoms with E-state index in [4.69, 9.17) is 10.5 Å². The maximum absolute atomic E-state index is 12.9. The molecule has 28 heavy (non-hydrogen) atoms. The molecule has 1 heterocycles. The zero-order chi connectivity index (χ0) is 20.7. The van der Waals surface area contributed by atoms with Gasteiger partial charge < -0.3 is 25.6 Å². The standard InChI is InChI=1S/C19H27FN4O4/c1-13(2)18(21)19(27)22-11-16(25)23-7-9-24(10-8-23)17(26)12-28-15-5-3-14(20)4-6-15/h3-6,13,18H,7-12,21H2,1-2H3,(H,22,27)/t18-/m0/s1. The molecule has 8 nitrogen and oxygen atoms in total. The van der Waals surface area contributed by atoms with Crippen LogP contribution in [-0.4, -0.2) is 72.9 Å². The van der Waals surface area contributed by atoms with E-state index in [2.05, 4.69) is 5.32 Å². The molecule has 1 aromatic carbocycles. The third-order valence-corrected chi connectivity index (χ3v) is 4.60. The number of nitrogens with one attached hydrogen (secondary N) is 1. The van der Waals surface area contributed by atoms with Crippen molar-refractivity contribution in [2.45, 2.75) is 19.9 Å². The Balaban J connectivity index is 1.71. The molecule has 1 aliphatic heterocycles. The highest BCUT2D eigenvalue weighted by Crippen LogP contribution is 2.11. The molecule has 3 N–H and O–H groups in total. The lowest BCUT2D eigenvalue weighted by atomic mass is 10.1. The van der Waals surface area contributed by atoms with E-state index < -0.39 is 6.04 Å². The Morgan fingerprint density at radius 3 is 2.14 bits per heavy atom. The lowest BCUT2D eigenvalue weighted by Gasteiger charge is -2.34. The summed E-state index contributed by atoms with van der Waals surface area (Å²) in [6, 6.07) is 4.79. The predicted octanol–water partition coefficient (Wildman–Crippen LogP) is -0.0252. The number of hydrogen-bond donors (Lipinski definition) is 2. The van der Waals surface area contributed by atoms with Gasteiger partial charge in [-0.2, -0.15) is 0 Å². The third-order valence-electron chi connectivity index (χ3n) is 4.60. The summed E-state index contributed by atoms with van der Waals surface area (Å²) >= 11 is 0. The molecule has 0 bridgehead atoms. The summed E-state index contributed by atoms with van der Waals surface area (Å²) in [7, 11) is 0. The molecule has 1 fully saturated rings. The smallest absolute Gasteiger partial charge is 0.260 e. The molecule has 0 unspecified atom stereocenters. The largest absolute Gasteiger partial charge is 0.484 e. The first kappa shape index (κ1) is 21.6. The molecule has 0 saturated carbocycles. The highest BCUT2D eigenvalue weighted by atomic mass is 19.1. The Morgan fingerprint density at radius 1 is 1.07 bits per heavy atom. The van der Waals surface area contributed by atoms with Crippen molar-refractivity contribution in [3.63, 3.8) is 0 Å². The average Bonchev–Trinajstić information content (AvgIpc) is 2.70. The normalized spacial score (nSPS) is 15.3. The van der Waals surface area contributed by atoms with Gasteiger partial charge in [0.05, 0.1) is 12.6 Å². The number of carbonyl (C=O) groups excluding carboxylic acids is 3. The van der Waals surface area contributed by atoms with E-state index >= 15 is 0 Å². The van der Waals surface area contributed by atoms with E-state index in [0.717, 1.165) is 0 Å². The van der Waals surface area contributed by atoms with Gasteiger partial charge in [0.25, 0.3) is 5.91 Å². The number of benzene rings is 1. The quantitative estimate of drug-likeness (QED) is 0.676. The number of halogens is 1. The molecular formula is C19H27FN4O4. The van der Waals surface area contributed by atoms with E-state index in [1.54, 1.807) is 9.80 Å². The molecule has 1 atom stereocenters. The van der Waals surface area contributed by atoms with E-state index in [0.29, 0.717) is 31.9 Å². The molecule has 1 aromatic rings. The summed E-state index contributed by atoms with van der Waals surface area (Å²) < 4.78 is 18.2. The number of amides is 3. The Hall–Kier alpha value is -2.68. The van der Waals surface area contributed by atoms with E-state index in [9.17, 15) is 18.8 Å². The summed E-state index contributed by atoms with van der Waals surface area (Å²) in [5, 5.41) is 2.55. The second-order valence-corrected chi connectivity index (χ2v) is 6.99. The predicted molar refractivity (Wildman–Crippen MR) is 101 cm³/mol. The fourth-order valence-electron chi connectivity index (χ4n) is 2.67. The number of hydrogen-bond acceptors (Lipinski definition) is 5. The van der Waals surface area contributed by atoms with Crippen LogP contribution in [0.3, 0.4) is 0 Å². The third kappa shape index (κ3) is 6.19. The van der Waals surface area contributed by atoms with Crippen molar-refractivity contribution in [3.05, 3.63) is 30.1 Å². The SMILES string of the molecule is CC(C)[C@H](N)C(=O)NCC(=O)N1CCN(C(=O)COc2ccc(F)cc2)CC1. The molecule has 0 spiro atoms. The Morgan fingerprint density at radius 2 is 1.61 bits per heavy atom. The number of rotatable bonds is 7. The van der Waals surface area contributed by atoms with Crippen molar-refractivity contribution in [2.75, 3.05) is 39.3 Å². The molecule has 2 rings (SSSR count). The van der Waals surface area contributed by atoms with Gasteiger partial charge in [-0.3, -0.25) is 14.4 Å². The number of piperazine rings is 1. The van der Waals surface area contributed by atoms with Gasteiger partial charge in [0, 0.05) is 26.2 Å². The van der Waals surface area contributed by atoms with Crippen LogP contribution in [0.15, 0.2) is 24.3 Å². The zero-order valence-electron chi connectivity index (χ0n) is 16.2. The molecule has 9 heteroatoms. The van der Waals surface area contributed by atoms with Gasteiger partial charge >= 0.3 is 0 Å². The van der Waals surface area contributed by atoms with Gasteiger partial charge in [-0.25, -0.2) is 4.39 Å². The molecule has 0 aliphatic carbocycles. The fraction of sp³-hybridized carbons (Fsp3) is 0.526. The first-order valence-corrected chi connectivity index (χ1v) is 9.25. The molecule has 0 aromatic heterocycles. The highest BCUT2D eigenvalue weighted by Gasteiger charge is 2.25. The minimum Gasteiger partial charge on any atom is -0.484 e. The van der Waals surface area contributed by atoms with Crippen LogP contribution in [0.4, 0.5) is 4.39 Å². The van der Waals surface area contributed by atoms with Gasteiger partial charge in [-0.15, -0.1) is 0 Å². The summed E-state index contributed by atoms with van der Waals surface area (Å²) in [6.45, 7) is 4.95. The van der Waals surface area contributed by atoms with Crippen molar-refractivity contribution >= 4 is 17.7 Å². The van der Waals surface area contributed by atoms with Gasteiger partial charge in [-0.05, 0) is 30.2 Å². The van der Waals surface area contributed by atoms with Crippen LogP contribution < -0.4 is 15.8 Å². The highest BCUT2D eigenvalue weighted by molar-refractivity contribution is 5.87. The van der Waals surface area contributed by atoms with Crippen molar-refractivity contribution < 1.29 is 23.5 Å². The Kier molecular flexibility index (Phi) is 7.74. The maximum atomic E-state index is 12.9. The second-order valence-electron chi connectivity index (χ2n) is 6.99. The summed E-state index contributed by atoms with van der Waals surface area (Å²) in [4.78, 5) is 39.5.